The molecule has 4 aliphatic heterocycles. The van der Waals surface area contributed by atoms with E-state index in [2.05, 4.69) is 5.32 Å². The summed E-state index contributed by atoms with van der Waals surface area (Å²) < 4.78 is 16.6. The van der Waals surface area contributed by atoms with Crippen molar-refractivity contribution < 1.29 is 58.1 Å². The predicted octanol–water partition coefficient (Wildman–Crippen LogP) is 4.56. The first kappa shape index (κ1) is 45.9. The number of amides is 4. The summed E-state index contributed by atoms with van der Waals surface area (Å²) in [5, 5.41) is 46.0. The number of nitro groups is 3. The van der Waals surface area contributed by atoms with Crippen LogP contribution in [0.4, 0.5) is 26.7 Å². The molecule has 4 heterocycles. The van der Waals surface area contributed by atoms with Gasteiger partial charge in [-0.15, -0.1) is 11.8 Å². The van der Waals surface area contributed by atoms with Gasteiger partial charge in [-0.05, 0) is 72.9 Å². The third-order valence-electron chi connectivity index (χ3n) is 11.7. The van der Waals surface area contributed by atoms with Gasteiger partial charge in [-0.1, -0.05) is 6.92 Å². The second-order valence-corrected chi connectivity index (χ2v) is 17.3. The second kappa shape index (κ2) is 19.3. The number of likely N-dealkylation sites (tertiary alicyclic amines) is 2. The van der Waals surface area contributed by atoms with Crippen LogP contribution in [-0.2, 0) is 48.4 Å². The number of nitro benzene ring substituents is 3. The Morgan fingerprint density at radius 2 is 1.31 bits per heavy atom. The van der Waals surface area contributed by atoms with Crippen molar-refractivity contribution in [2.24, 2.45) is 11.8 Å². The van der Waals surface area contributed by atoms with Crippen molar-refractivity contribution in [2.45, 2.75) is 76.0 Å². The molecule has 0 saturated carbocycles. The molecule has 0 bridgehead atoms. The van der Waals surface area contributed by atoms with Crippen molar-refractivity contribution in [1.29, 1.82) is 0 Å². The highest BCUT2D eigenvalue weighted by molar-refractivity contribution is 8.03. The van der Waals surface area contributed by atoms with E-state index < -0.39 is 86.1 Å². The van der Waals surface area contributed by atoms with E-state index in [1.165, 1.54) is 106 Å². The molecule has 3 saturated heterocycles. The number of hydrogen-bond donors (Lipinski definition) is 2. The van der Waals surface area contributed by atoms with Crippen molar-refractivity contribution in [3.05, 3.63) is 130 Å². The fourth-order valence-corrected chi connectivity index (χ4v) is 9.92. The summed E-state index contributed by atoms with van der Waals surface area (Å²) in [6.07, 6.45) is -2.20. The van der Waals surface area contributed by atoms with E-state index in [1.54, 1.807) is 6.92 Å². The van der Waals surface area contributed by atoms with Crippen molar-refractivity contribution in [3.8, 4) is 0 Å². The van der Waals surface area contributed by atoms with Gasteiger partial charge in [-0.2, -0.15) is 0 Å². The van der Waals surface area contributed by atoms with Crippen LogP contribution in [0.15, 0.2) is 83.4 Å². The molecule has 3 aromatic carbocycles. The fourth-order valence-electron chi connectivity index (χ4n) is 8.40. The molecule has 4 amide bonds. The highest BCUT2D eigenvalue weighted by Crippen LogP contribution is 2.52. The molecule has 65 heavy (non-hydrogen) atoms. The largest absolute Gasteiger partial charge is 0.456 e. The number of thioether (sulfide) groups is 1. The third-order valence-corrected chi connectivity index (χ3v) is 13.2. The lowest BCUT2D eigenvalue weighted by Gasteiger charge is -2.46. The van der Waals surface area contributed by atoms with Crippen LogP contribution in [0.1, 0.15) is 43.4 Å². The maximum Gasteiger partial charge on any atom is 0.410 e. The molecule has 0 radical (unpaired) electrons. The van der Waals surface area contributed by atoms with Gasteiger partial charge in [0.2, 0.25) is 11.8 Å². The predicted molar refractivity (Wildman–Crippen MR) is 226 cm³/mol. The van der Waals surface area contributed by atoms with E-state index in [1.807, 2.05) is 0 Å². The summed E-state index contributed by atoms with van der Waals surface area (Å²) in [7, 11) is 0. The Bertz CT molecular complexity index is 2420. The topological polar surface area (TPSA) is 284 Å². The summed E-state index contributed by atoms with van der Waals surface area (Å²) in [6.45, 7) is 2.87. The number of hydrogen-bond acceptors (Lipinski definition) is 16. The first-order valence-corrected chi connectivity index (χ1v) is 21.3. The van der Waals surface area contributed by atoms with E-state index >= 15 is 0 Å². The van der Waals surface area contributed by atoms with Gasteiger partial charge in [-0.3, -0.25) is 44.8 Å². The highest BCUT2D eigenvalue weighted by Gasteiger charge is 2.61. The number of carbonyl (C=O) groups is 5. The third kappa shape index (κ3) is 9.99. The van der Waals surface area contributed by atoms with Gasteiger partial charge in [0.05, 0.1) is 38.9 Å². The number of non-ortho nitro benzene ring substituents is 3. The molecule has 4 aliphatic rings. The van der Waals surface area contributed by atoms with Crippen LogP contribution < -0.4 is 5.32 Å². The van der Waals surface area contributed by atoms with Crippen molar-refractivity contribution >= 4 is 58.8 Å². The zero-order valence-electron chi connectivity index (χ0n) is 34.9. The Kier molecular flexibility index (Phi) is 13.6. The van der Waals surface area contributed by atoms with Gasteiger partial charge in [0.15, 0.2) is 0 Å². The number of fused-ring (bicyclic) bond motifs is 1. The van der Waals surface area contributed by atoms with Gasteiger partial charge in [0, 0.05) is 72.1 Å². The summed E-state index contributed by atoms with van der Waals surface area (Å²) in [5.41, 5.74) is 0.979. The maximum absolute atomic E-state index is 14.3. The van der Waals surface area contributed by atoms with E-state index in [-0.39, 0.29) is 68.6 Å². The van der Waals surface area contributed by atoms with Crippen molar-refractivity contribution in [1.82, 2.24) is 20.0 Å². The Morgan fingerprint density at radius 1 is 0.800 bits per heavy atom. The number of carbonyl (C=O) groups excluding carboxylic acids is 5. The second-order valence-electron chi connectivity index (χ2n) is 16.0. The molecule has 7 rings (SSSR count). The van der Waals surface area contributed by atoms with Gasteiger partial charge in [-0.25, -0.2) is 14.4 Å². The van der Waals surface area contributed by atoms with Crippen LogP contribution in [-0.4, -0.2) is 114 Å². The van der Waals surface area contributed by atoms with Gasteiger partial charge < -0.3 is 34.4 Å². The summed E-state index contributed by atoms with van der Waals surface area (Å²) >= 11 is 1.21. The monoisotopic (exact) mass is 917 g/mol. The van der Waals surface area contributed by atoms with Crippen LogP contribution in [0, 0.1) is 42.2 Å². The number of rotatable bonds is 15. The van der Waals surface area contributed by atoms with Gasteiger partial charge >= 0.3 is 18.2 Å². The smallest absolute Gasteiger partial charge is 0.410 e. The molecule has 0 spiro atoms. The number of aliphatic hydroxyl groups is 1. The molecule has 3 fully saturated rings. The number of nitrogens with one attached hydrogen (secondary N) is 1. The molecule has 7 atom stereocenters. The Labute approximate surface area is 373 Å². The van der Waals surface area contributed by atoms with E-state index in [9.17, 15) is 59.4 Å². The summed E-state index contributed by atoms with van der Waals surface area (Å²) in [5.74, 6) is -3.03. The number of nitrogens with zero attached hydrogens (tertiary/aromatic N) is 6. The van der Waals surface area contributed by atoms with E-state index in [4.69, 9.17) is 14.2 Å². The van der Waals surface area contributed by atoms with Crippen LogP contribution in [0.3, 0.4) is 0 Å². The molecular weight excluding hydrogens is 875 g/mol. The number of esters is 1. The molecule has 2 N–H and O–H groups in total. The molecule has 0 unspecified atom stereocenters. The standard InChI is InChI=1S/C42H43N7O15S/c1-23-35-34(24(2)50)39(52)46(35)36(40(53)62-20-25-3-9-29(10-4-25)47(56)57)37(23)65-32-17-33(45(19-32)42(55)64-22-27-7-13-31(14-8-27)49(60)61)38(51)44-16-15-28(18-44)43-41(54)63-21-26-5-11-30(12-6-26)48(58)59/h3-14,23-24,28,32-35,50H,15-22H2,1-2H3,(H,43,54)/t23-,24-,28+,32+,33+,34-,35-/m1/s1. The first-order valence-electron chi connectivity index (χ1n) is 20.4. The van der Waals surface area contributed by atoms with Crippen molar-refractivity contribution in [3.63, 3.8) is 0 Å². The lowest BCUT2D eigenvalue weighted by Crippen LogP contribution is -2.63. The van der Waals surface area contributed by atoms with Crippen LogP contribution in [0.25, 0.3) is 0 Å². The zero-order valence-corrected chi connectivity index (χ0v) is 35.7. The zero-order chi connectivity index (χ0) is 46.7. The SMILES string of the molecule is C[C@@H](O)[C@H]1C(=O)N2C(C(=O)OCc3ccc([N+](=O)[O-])cc3)=C(S[C@H]3C[C@@H](C(=O)N4CC[C@H](NC(=O)OCc5ccc([N+](=O)[O-])cc5)C4)N(C(=O)OCc4ccc([N+](=O)[O-])cc4)C3)[C@H](C)[C@H]12. The Morgan fingerprint density at radius 3 is 1.82 bits per heavy atom. The fraction of sp³-hybridized carbons (Fsp3) is 0.405. The first-order chi connectivity index (χ1) is 31.0. The number of benzene rings is 3. The average Bonchev–Trinajstić information content (AvgIpc) is 3.99. The van der Waals surface area contributed by atoms with Gasteiger partial charge in [0.25, 0.3) is 17.1 Å². The molecule has 0 aromatic heterocycles. The lowest BCUT2D eigenvalue weighted by atomic mass is 9.79. The number of ether oxygens (including phenoxy) is 3. The van der Waals surface area contributed by atoms with Crippen molar-refractivity contribution in [2.75, 3.05) is 19.6 Å². The molecule has 0 aliphatic carbocycles. The number of aliphatic hydroxyl groups excluding tert-OH is 1. The summed E-state index contributed by atoms with van der Waals surface area (Å²) in [6, 6.07) is 14.2. The molecule has 23 heteroatoms. The lowest BCUT2D eigenvalue weighted by molar-refractivity contribution is -0.385. The normalized spacial score (nSPS) is 22.8. The Hall–Kier alpha value is -7.14. The van der Waals surface area contributed by atoms with E-state index in [0.717, 1.165) is 0 Å². The molecule has 3 aromatic rings. The maximum atomic E-state index is 14.3. The Balaban J connectivity index is 1.07. The summed E-state index contributed by atoms with van der Waals surface area (Å²) in [4.78, 5) is 104. The van der Waals surface area contributed by atoms with Crippen LogP contribution in [0.5, 0.6) is 0 Å². The van der Waals surface area contributed by atoms with Gasteiger partial charge in [0.1, 0.15) is 31.6 Å². The quantitative estimate of drug-likeness (QED) is 0.0694. The molecule has 342 valence electrons. The van der Waals surface area contributed by atoms with Crippen LogP contribution in [0.2, 0.25) is 0 Å². The number of β-lactam (4-membered cyclic amide) rings is 1. The highest BCUT2D eigenvalue weighted by atomic mass is 32.2. The minimum atomic E-state index is -1.07. The molecule has 22 nitrogen and oxygen atoms in total. The number of alkyl carbamates (subject to hydrolysis) is 1. The average molecular weight is 918 g/mol. The minimum absolute atomic E-state index is 0.0349. The van der Waals surface area contributed by atoms with E-state index in [0.29, 0.717) is 28.0 Å². The minimum Gasteiger partial charge on any atom is -0.456 e. The molecular formula is C42H43N7O15S. The van der Waals surface area contributed by atoms with Crippen LogP contribution >= 0.6 is 11.8 Å².